The molecular weight excluding hydrogens is 328 g/mol. The molecule has 0 atom stereocenters. The summed E-state index contributed by atoms with van der Waals surface area (Å²) in [5.41, 5.74) is 7.02. The minimum absolute atomic E-state index is 0.288. The Morgan fingerprint density at radius 2 is 1.74 bits per heavy atom. The fourth-order valence-corrected chi connectivity index (χ4v) is 3.41. The highest BCUT2D eigenvalue weighted by molar-refractivity contribution is 5.93. The van der Waals surface area contributed by atoms with Crippen LogP contribution in [-0.2, 0) is 6.42 Å². The quantitative estimate of drug-likeness (QED) is 0.463. The van der Waals surface area contributed by atoms with Gasteiger partial charge in [-0.25, -0.2) is 0 Å². The molecule has 0 amide bonds. The Balaban J connectivity index is 2.05. The normalized spacial score (nSPS) is 11.6. The van der Waals surface area contributed by atoms with Crippen LogP contribution in [0.2, 0.25) is 0 Å². The molecule has 3 rings (SSSR count). The van der Waals surface area contributed by atoms with E-state index >= 15 is 0 Å². The molecule has 0 spiro atoms. The predicted molar refractivity (Wildman–Crippen MR) is 118 cm³/mol. The zero-order valence-corrected chi connectivity index (χ0v) is 16.1. The van der Waals surface area contributed by atoms with Crippen LogP contribution in [0.15, 0.2) is 79.4 Å². The van der Waals surface area contributed by atoms with Crippen LogP contribution in [0.1, 0.15) is 30.0 Å². The number of aryl methyl sites for hydroxylation is 1. The summed E-state index contributed by atoms with van der Waals surface area (Å²) in [5.74, 6) is 0.288. The molecule has 0 saturated carbocycles. The molecule has 27 heavy (non-hydrogen) atoms. The van der Waals surface area contributed by atoms with Gasteiger partial charge in [0.05, 0.1) is 0 Å². The Morgan fingerprint density at radius 1 is 1.00 bits per heavy atom. The summed E-state index contributed by atoms with van der Waals surface area (Å²) in [5, 5.41) is 12.3. The summed E-state index contributed by atoms with van der Waals surface area (Å²) >= 11 is 0. The van der Waals surface area contributed by atoms with Crippen molar-refractivity contribution >= 4 is 16.8 Å². The van der Waals surface area contributed by atoms with Crippen molar-refractivity contribution < 1.29 is 5.11 Å². The standard InChI is InChI=1S/C26H26O/c1-5-8-19(6-2)13-24-16-21(10-9-18(24)4)22-11-12-23-14-20(7-3)15-26(27)25(23)17-22/h6-12,14-17,27H,2-3,5,13H2,1,4H3/b19-8+. The summed E-state index contributed by atoms with van der Waals surface area (Å²) in [6.45, 7) is 12.0. The number of aromatic hydroxyl groups is 1. The molecule has 1 N–H and O–H groups in total. The molecular formula is C26H26O. The van der Waals surface area contributed by atoms with Crippen LogP contribution in [0.25, 0.3) is 28.0 Å². The van der Waals surface area contributed by atoms with E-state index in [4.69, 9.17) is 0 Å². The third-order valence-electron chi connectivity index (χ3n) is 5.00. The van der Waals surface area contributed by atoms with Crippen LogP contribution in [0.3, 0.4) is 0 Å². The van der Waals surface area contributed by atoms with Crippen LogP contribution in [0.4, 0.5) is 0 Å². The van der Waals surface area contributed by atoms with Crippen molar-refractivity contribution in [2.24, 2.45) is 0 Å². The molecule has 0 unspecified atom stereocenters. The molecule has 1 heteroatoms. The van der Waals surface area contributed by atoms with Gasteiger partial charge < -0.3 is 5.11 Å². The van der Waals surface area contributed by atoms with Crippen LogP contribution >= 0.6 is 0 Å². The van der Waals surface area contributed by atoms with E-state index in [0.29, 0.717) is 0 Å². The lowest BCUT2D eigenvalue weighted by atomic mass is 9.94. The highest BCUT2D eigenvalue weighted by atomic mass is 16.3. The second-order valence-corrected chi connectivity index (χ2v) is 6.89. The fraction of sp³-hybridized carbons (Fsp3) is 0.154. The third kappa shape index (κ3) is 4.03. The number of hydrogen-bond donors (Lipinski definition) is 1. The average Bonchev–Trinajstić information content (AvgIpc) is 2.68. The van der Waals surface area contributed by atoms with E-state index in [-0.39, 0.29) is 5.75 Å². The number of phenols is 1. The zero-order valence-electron chi connectivity index (χ0n) is 16.1. The fourth-order valence-electron chi connectivity index (χ4n) is 3.41. The zero-order chi connectivity index (χ0) is 19.4. The highest BCUT2D eigenvalue weighted by Gasteiger charge is 2.08. The maximum Gasteiger partial charge on any atom is 0.124 e. The molecule has 0 bridgehead atoms. The van der Waals surface area contributed by atoms with E-state index in [0.717, 1.165) is 40.3 Å². The molecule has 0 radical (unpaired) electrons. The van der Waals surface area contributed by atoms with Gasteiger partial charge in [0.1, 0.15) is 5.75 Å². The summed E-state index contributed by atoms with van der Waals surface area (Å²) in [4.78, 5) is 0. The molecule has 0 aromatic heterocycles. The Bertz CT molecular complexity index is 1040. The van der Waals surface area contributed by atoms with Gasteiger partial charge in [0.15, 0.2) is 0 Å². The minimum atomic E-state index is 0.288. The largest absolute Gasteiger partial charge is 0.507 e. The second-order valence-electron chi connectivity index (χ2n) is 6.89. The van der Waals surface area contributed by atoms with E-state index in [1.807, 2.05) is 12.1 Å². The average molecular weight is 354 g/mol. The Morgan fingerprint density at radius 3 is 2.44 bits per heavy atom. The first-order valence-electron chi connectivity index (χ1n) is 9.36. The maximum absolute atomic E-state index is 10.4. The van der Waals surface area contributed by atoms with E-state index in [1.165, 1.54) is 16.7 Å². The molecule has 0 aliphatic carbocycles. The second kappa shape index (κ2) is 8.09. The van der Waals surface area contributed by atoms with Crippen molar-refractivity contribution in [2.75, 3.05) is 0 Å². The van der Waals surface area contributed by atoms with Crippen LogP contribution in [-0.4, -0.2) is 5.11 Å². The molecule has 0 saturated heterocycles. The van der Waals surface area contributed by atoms with E-state index in [9.17, 15) is 5.11 Å². The smallest absolute Gasteiger partial charge is 0.124 e. The van der Waals surface area contributed by atoms with Gasteiger partial charge >= 0.3 is 0 Å². The lowest BCUT2D eigenvalue weighted by Crippen LogP contribution is -1.93. The Kier molecular flexibility index (Phi) is 5.61. The van der Waals surface area contributed by atoms with Gasteiger partial charge in [-0.3, -0.25) is 0 Å². The monoisotopic (exact) mass is 354 g/mol. The van der Waals surface area contributed by atoms with Crippen molar-refractivity contribution in [3.63, 3.8) is 0 Å². The molecule has 3 aromatic carbocycles. The van der Waals surface area contributed by atoms with Gasteiger partial charge in [0.2, 0.25) is 0 Å². The minimum Gasteiger partial charge on any atom is -0.507 e. The number of phenolic OH excluding ortho intramolecular Hbond substituents is 1. The molecule has 0 aliphatic heterocycles. The summed E-state index contributed by atoms with van der Waals surface area (Å²) in [7, 11) is 0. The number of allylic oxidation sites excluding steroid dienone is 3. The number of rotatable bonds is 6. The van der Waals surface area contributed by atoms with Crippen LogP contribution in [0.5, 0.6) is 5.75 Å². The maximum atomic E-state index is 10.4. The van der Waals surface area contributed by atoms with Gasteiger partial charge in [-0.15, -0.1) is 0 Å². The molecule has 1 nitrogen and oxygen atoms in total. The lowest BCUT2D eigenvalue weighted by Gasteiger charge is -2.12. The third-order valence-corrected chi connectivity index (χ3v) is 5.00. The molecule has 0 aliphatic rings. The summed E-state index contributed by atoms with van der Waals surface area (Å²) in [6, 6.07) is 16.6. The molecule has 0 heterocycles. The topological polar surface area (TPSA) is 20.2 Å². The Labute approximate surface area is 162 Å². The SMILES string of the molecule is C=C/C(=C\CC)Cc1cc(-c2ccc3cc(C=C)cc(O)c3c2)ccc1C. The first-order chi connectivity index (χ1) is 13.0. The van der Waals surface area contributed by atoms with E-state index in [1.54, 1.807) is 12.1 Å². The number of fused-ring (bicyclic) bond motifs is 1. The van der Waals surface area contributed by atoms with Crippen LogP contribution < -0.4 is 0 Å². The molecule has 136 valence electrons. The first kappa shape index (κ1) is 18.7. The lowest BCUT2D eigenvalue weighted by molar-refractivity contribution is 0.481. The number of benzene rings is 3. The van der Waals surface area contributed by atoms with Crippen molar-refractivity contribution in [1.29, 1.82) is 0 Å². The van der Waals surface area contributed by atoms with E-state index in [2.05, 4.69) is 69.5 Å². The van der Waals surface area contributed by atoms with Gasteiger partial charge in [0, 0.05) is 5.39 Å². The summed E-state index contributed by atoms with van der Waals surface area (Å²) in [6.07, 6.45) is 7.82. The van der Waals surface area contributed by atoms with Crippen molar-refractivity contribution in [2.45, 2.75) is 26.7 Å². The van der Waals surface area contributed by atoms with E-state index < -0.39 is 0 Å². The van der Waals surface area contributed by atoms with Gasteiger partial charge in [-0.1, -0.05) is 68.6 Å². The van der Waals surface area contributed by atoms with Crippen molar-refractivity contribution in [3.8, 4) is 16.9 Å². The molecule has 3 aromatic rings. The van der Waals surface area contributed by atoms with Crippen molar-refractivity contribution in [1.82, 2.24) is 0 Å². The highest BCUT2D eigenvalue weighted by Crippen LogP contribution is 2.32. The van der Waals surface area contributed by atoms with Crippen LogP contribution in [0, 0.1) is 6.92 Å². The summed E-state index contributed by atoms with van der Waals surface area (Å²) < 4.78 is 0. The van der Waals surface area contributed by atoms with Crippen molar-refractivity contribution in [3.05, 3.63) is 96.1 Å². The Hall–Kier alpha value is -3.06. The van der Waals surface area contributed by atoms with Gasteiger partial charge in [-0.05, 0) is 76.7 Å². The first-order valence-corrected chi connectivity index (χ1v) is 9.36. The predicted octanol–water partition coefficient (Wildman–Crippen LogP) is 7.23. The van der Waals surface area contributed by atoms with Gasteiger partial charge in [-0.2, -0.15) is 0 Å². The molecule has 0 fully saturated rings. The van der Waals surface area contributed by atoms with Gasteiger partial charge in [0.25, 0.3) is 0 Å². The number of hydrogen-bond acceptors (Lipinski definition) is 1.